The van der Waals surface area contributed by atoms with Gasteiger partial charge < -0.3 is 9.84 Å². The van der Waals surface area contributed by atoms with Gasteiger partial charge in [0.05, 0.1) is 13.0 Å². The van der Waals surface area contributed by atoms with Crippen molar-refractivity contribution in [3.05, 3.63) is 64.7 Å². The second-order valence-electron chi connectivity index (χ2n) is 4.88. The predicted octanol–water partition coefficient (Wildman–Crippen LogP) is 3.83. The number of rotatable bonds is 6. The molecule has 0 aliphatic rings. The lowest BCUT2D eigenvalue weighted by molar-refractivity contribution is -0.141. The fraction of sp³-hybridized carbons (Fsp3) is 0.235. The van der Waals surface area contributed by atoms with E-state index in [-0.39, 0.29) is 0 Å². The number of halogens is 1. The Labute approximate surface area is 129 Å². The Bertz CT molecular complexity index is 608. The summed E-state index contributed by atoms with van der Waals surface area (Å²) in [4.78, 5) is 11.5. The molecule has 3 nitrogen and oxygen atoms in total. The maximum Gasteiger partial charge on any atom is 0.307 e. The topological polar surface area (TPSA) is 46.5 Å². The predicted molar refractivity (Wildman–Crippen MR) is 83.0 cm³/mol. The van der Waals surface area contributed by atoms with E-state index in [1.165, 1.54) is 0 Å². The number of aliphatic carboxylic acids is 1. The molecule has 0 amide bonds. The van der Waals surface area contributed by atoms with Crippen LogP contribution in [0.15, 0.2) is 48.5 Å². The smallest absolute Gasteiger partial charge is 0.307 e. The lowest BCUT2D eigenvalue weighted by atomic mass is 9.92. The first-order valence-electron chi connectivity index (χ1n) is 6.69. The van der Waals surface area contributed by atoms with E-state index in [0.717, 1.165) is 16.9 Å². The Morgan fingerprint density at radius 2 is 1.81 bits per heavy atom. The van der Waals surface area contributed by atoms with Gasteiger partial charge in [0.25, 0.3) is 0 Å². The summed E-state index contributed by atoms with van der Waals surface area (Å²) in [6, 6.07) is 14.8. The molecule has 0 saturated carbocycles. The summed E-state index contributed by atoms with van der Waals surface area (Å²) in [6.07, 6.45) is 0.895. The van der Waals surface area contributed by atoms with Crippen LogP contribution in [0.2, 0.25) is 5.02 Å². The zero-order chi connectivity index (χ0) is 15.2. The SMILES string of the molecule is COc1ccccc1CC(Cc1ccc(Cl)cc1)C(=O)O. The highest BCUT2D eigenvalue weighted by Crippen LogP contribution is 2.23. The molecule has 0 spiro atoms. The van der Waals surface area contributed by atoms with Crippen LogP contribution in [0.1, 0.15) is 11.1 Å². The molecule has 0 heterocycles. The molecule has 0 aliphatic carbocycles. The van der Waals surface area contributed by atoms with E-state index in [1.54, 1.807) is 19.2 Å². The van der Waals surface area contributed by atoms with Gasteiger partial charge in [-0.25, -0.2) is 0 Å². The molecule has 1 atom stereocenters. The number of carboxylic acids is 1. The van der Waals surface area contributed by atoms with Crippen LogP contribution in [0.5, 0.6) is 5.75 Å². The Morgan fingerprint density at radius 1 is 1.14 bits per heavy atom. The maximum absolute atomic E-state index is 11.5. The van der Waals surface area contributed by atoms with Crippen LogP contribution in [-0.4, -0.2) is 18.2 Å². The number of hydrogen-bond donors (Lipinski definition) is 1. The highest BCUT2D eigenvalue weighted by Gasteiger charge is 2.20. The van der Waals surface area contributed by atoms with Crippen molar-refractivity contribution in [2.24, 2.45) is 5.92 Å². The highest BCUT2D eigenvalue weighted by molar-refractivity contribution is 6.30. The zero-order valence-corrected chi connectivity index (χ0v) is 12.5. The molecule has 1 N–H and O–H groups in total. The minimum absolute atomic E-state index is 0.433. The van der Waals surface area contributed by atoms with Crippen molar-refractivity contribution >= 4 is 17.6 Å². The van der Waals surface area contributed by atoms with Gasteiger partial charge in [-0.1, -0.05) is 41.9 Å². The van der Waals surface area contributed by atoms with Crippen molar-refractivity contribution in [2.45, 2.75) is 12.8 Å². The van der Waals surface area contributed by atoms with Gasteiger partial charge in [0.2, 0.25) is 0 Å². The highest BCUT2D eigenvalue weighted by atomic mass is 35.5. The van der Waals surface area contributed by atoms with Gasteiger partial charge in [0, 0.05) is 5.02 Å². The minimum atomic E-state index is -0.809. The number of carbonyl (C=O) groups is 1. The Balaban J connectivity index is 2.16. The first kappa shape index (κ1) is 15.4. The quantitative estimate of drug-likeness (QED) is 0.882. The largest absolute Gasteiger partial charge is 0.496 e. The first-order chi connectivity index (χ1) is 10.1. The van der Waals surface area contributed by atoms with E-state index in [4.69, 9.17) is 16.3 Å². The third kappa shape index (κ3) is 4.23. The van der Waals surface area contributed by atoms with Crippen LogP contribution in [0, 0.1) is 5.92 Å². The van der Waals surface area contributed by atoms with Gasteiger partial charge in [-0.05, 0) is 42.2 Å². The van der Waals surface area contributed by atoms with Gasteiger partial charge >= 0.3 is 5.97 Å². The van der Waals surface area contributed by atoms with Gasteiger partial charge in [0.15, 0.2) is 0 Å². The summed E-state index contributed by atoms with van der Waals surface area (Å²) in [5.74, 6) is -0.585. The molecule has 1 unspecified atom stereocenters. The number of methoxy groups -OCH3 is 1. The molecule has 0 fully saturated rings. The van der Waals surface area contributed by atoms with E-state index in [9.17, 15) is 9.90 Å². The lowest BCUT2D eigenvalue weighted by Crippen LogP contribution is -2.19. The molecule has 110 valence electrons. The van der Waals surface area contributed by atoms with Crippen molar-refractivity contribution in [3.8, 4) is 5.75 Å². The normalized spacial score (nSPS) is 11.9. The van der Waals surface area contributed by atoms with Crippen molar-refractivity contribution in [1.82, 2.24) is 0 Å². The molecule has 4 heteroatoms. The minimum Gasteiger partial charge on any atom is -0.496 e. The third-order valence-electron chi connectivity index (χ3n) is 3.40. The Hall–Kier alpha value is -2.00. The molecule has 0 bridgehead atoms. The summed E-state index contributed by atoms with van der Waals surface area (Å²) < 4.78 is 5.28. The number of para-hydroxylation sites is 1. The number of ether oxygens (including phenoxy) is 1. The Morgan fingerprint density at radius 3 is 2.43 bits per heavy atom. The van der Waals surface area contributed by atoms with Gasteiger partial charge in [0.1, 0.15) is 5.75 Å². The van der Waals surface area contributed by atoms with Crippen molar-refractivity contribution < 1.29 is 14.6 Å². The molecule has 21 heavy (non-hydrogen) atoms. The molecule has 2 aromatic carbocycles. The van der Waals surface area contributed by atoms with Crippen LogP contribution in [-0.2, 0) is 17.6 Å². The van der Waals surface area contributed by atoms with E-state index < -0.39 is 11.9 Å². The van der Waals surface area contributed by atoms with Crippen molar-refractivity contribution in [2.75, 3.05) is 7.11 Å². The molecule has 2 aromatic rings. The lowest BCUT2D eigenvalue weighted by Gasteiger charge is -2.15. The summed E-state index contributed by atoms with van der Waals surface area (Å²) in [7, 11) is 1.59. The van der Waals surface area contributed by atoms with Crippen LogP contribution >= 0.6 is 11.6 Å². The van der Waals surface area contributed by atoms with Crippen LogP contribution in [0.4, 0.5) is 0 Å². The van der Waals surface area contributed by atoms with E-state index in [2.05, 4.69) is 0 Å². The van der Waals surface area contributed by atoms with E-state index in [0.29, 0.717) is 17.9 Å². The summed E-state index contributed by atoms with van der Waals surface area (Å²) >= 11 is 5.85. The summed E-state index contributed by atoms with van der Waals surface area (Å²) in [5, 5.41) is 10.1. The van der Waals surface area contributed by atoms with E-state index >= 15 is 0 Å². The van der Waals surface area contributed by atoms with Crippen LogP contribution in [0.3, 0.4) is 0 Å². The Kier molecular flexibility index (Phi) is 5.23. The average molecular weight is 305 g/mol. The number of benzene rings is 2. The maximum atomic E-state index is 11.5. The van der Waals surface area contributed by atoms with Crippen LogP contribution < -0.4 is 4.74 Å². The molecule has 0 aromatic heterocycles. The fourth-order valence-corrected chi connectivity index (χ4v) is 2.41. The molecular weight excluding hydrogens is 288 g/mol. The summed E-state index contributed by atoms with van der Waals surface area (Å²) in [6.45, 7) is 0. The van der Waals surface area contributed by atoms with E-state index in [1.807, 2.05) is 36.4 Å². The number of hydrogen-bond acceptors (Lipinski definition) is 2. The molecule has 2 rings (SSSR count). The standard InChI is InChI=1S/C17H17ClO3/c1-21-16-5-3-2-4-13(16)11-14(17(19)20)10-12-6-8-15(18)9-7-12/h2-9,14H,10-11H2,1H3,(H,19,20). The molecule has 0 saturated heterocycles. The monoisotopic (exact) mass is 304 g/mol. The molecule has 0 radical (unpaired) electrons. The zero-order valence-electron chi connectivity index (χ0n) is 11.8. The first-order valence-corrected chi connectivity index (χ1v) is 7.07. The average Bonchev–Trinajstić information content (AvgIpc) is 2.49. The van der Waals surface area contributed by atoms with Gasteiger partial charge in [-0.15, -0.1) is 0 Å². The molecular formula is C17H17ClO3. The second kappa shape index (κ2) is 7.14. The fourth-order valence-electron chi connectivity index (χ4n) is 2.29. The third-order valence-corrected chi connectivity index (χ3v) is 3.66. The summed E-state index contributed by atoms with van der Waals surface area (Å²) in [5.41, 5.74) is 1.86. The van der Waals surface area contributed by atoms with Crippen molar-refractivity contribution in [3.63, 3.8) is 0 Å². The second-order valence-corrected chi connectivity index (χ2v) is 5.32. The van der Waals surface area contributed by atoms with Gasteiger partial charge in [-0.2, -0.15) is 0 Å². The molecule has 0 aliphatic heterocycles. The number of carboxylic acid groups (broad SMARTS) is 1. The van der Waals surface area contributed by atoms with Crippen LogP contribution in [0.25, 0.3) is 0 Å². The van der Waals surface area contributed by atoms with Gasteiger partial charge in [-0.3, -0.25) is 4.79 Å². The van der Waals surface area contributed by atoms with Crippen molar-refractivity contribution in [1.29, 1.82) is 0 Å².